The van der Waals surface area contributed by atoms with Crippen molar-refractivity contribution in [1.29, 1.82) is 0 Å². The Kier molecular flexibility index (Phi) is 4.70. The van der Waals surface area contributed by atoms with Gasteiger partial charge in [-0.3, -0.25) is 0 Å². The summed E-state index contributed by atoms with van der Waals surface area (Å²) in [5, 5.41) is 9.82. The van der Waals surface area contributed by atoms with Crippen molar-refractivity contribution in [2.45, 2.75) is 26.3 Å². The van der Waals surface area contributed by atoms with Gasteiger partial charge in [0.25, 0.3) is 0 Å². The number of nitrogens with one attached hydrogen (secondary N) is 3. The van der Waals surface area contributed by atoms with Crippen LogP contribution in [-0.2, 0) is 6.42 Å². The molecule has 22 heavy (non-hydrogen) atoms. The van der Waals surface area contributed by atoms with E-state index in [2.05, 4.69) is 50.9 Å². The monoisotopic (exact) mass is 315 g/mol. The van der Waals surface area contributed by atoms with Crippen LogP contribution < -0.4 is 10.6 Å². The molecule has 1 unspecified atom stereocenters. The van der Waals surface area contributed by atoms with Crippen molar-refractivity contribution in [3.05, 3.63) is 41.2 Å². The van der Waals surface area contributed by atoms with Crippen LogP contribution in [-0.4, -0.2) is 28.0 Å². The number of aromatic amines is 1. The van der Waals surface area contributed by atoms with Crippen molar-refractivity contribution >= 4 is 27.5 Å². The lowest BCUT2D eigenvalue weighted by molar-refractivity contribution is 0.586. The van der Waals surface area contributed by atoms with Crippen LogP contribution in [0.1, 0.15) is 31.4 Å². The minimum Gasteiger partial charge on any atom is -0.361 e. The molecule has 116 valence electrons. The van der Waals surface area contributed by atoms with E-state index in [1.807, 2.05) is 18.2 Å². The van der Waals surface area contributed by atoms with E-state index < -0.39 is 0 Å². The second-order valence-corrected chi connectivity index (χ2v) is 6.09. The molecule has 0 bridgehead atoms. The zero-order valence-electron chi connectivity index (χ0n) is 12.9. The van der Waals surface area contributed by atoms with E-state index in [-0.39, 0.29) is 0 Å². The van der Waals surface area contributed by atoms with Gasteiger partial charge in [-0.15, -0.1) is 11.3 Å². The van der Waals surface area contributed by atoms with E-state index >= 15 is 0 Å². The molecule has 0 saturated carbocycles. The van der Waals surface area contributed by atoms with E-state index in [9.17, 15) is 0 Å². The highest BCUT2D eigenvalue weighted by Gasteiger charge is 2.08. The highest BCUT2D eigenvalue weighted by Crippen LogP contribution is 2.20. The number of imidazole rings is 1. The molecule has 3 rings (SSSR count). The van der Waals surface area contributed by atoms with Gasteiger partial charge < -0.3 is 15.6 Å². The van der Waals surface area contributed by atoms with Gasteiger partial charge in [-0.25, -0.2) is 9.97 Å². The maximum atomic E-state index is 4.62. The quantitative estimate of drug-likeness (QED) is 0.625. The predicted molar refractivity (Wildman–Crippen MR) is 92.5 cm³/mol. The summed E-state index contributed by atoms with van der Waals surface area (Å²) in [7, 11) is 0. The van der Waals surface area contributed by atoms with Gasteiger partial charge in [-0.1, -0.05) is 19.1 Å². The molecule has 0 aliphatic rings. The molecule has 5 nitrogen and oxygen atoms in total. The molecule has 6 heteroatoms. The van der Waals surface area contributed by atoms with Crippen LogP contribution in [0.3, 0.4) is 0 Å². The zero-order chi connectivity index (χ0) is 15.4. The number of nitrogens with zero attached hydrogens (tertiary/aromatic N) is 2. The number of benzene rings is 1. The second kappa shape index (κ2) is 6.89. The Morgan fingerprint density at radius 1 is 1.27 bits per heavy atom. The van der Waals surface area contributed by atoms with Gasteiger partial charge in [0, 0.05) is 24.4 Å². The summed E-state index contributed by atoms with van der Waals surface area (Å²) in [5.74, 6) is 1.01. The van der Waals surface area contributed by atoms with Crippen molar-refractivity contribution in [3.63, 3.8) is 0 Å². The Morgan fingerprint density at radius 2 is 2.14 bits per heavy atom. The highest BCUT2D eigenvalue weighted by molar-refractivity contribution is 7.13. The lowest BCUT2D eigenvalue weighted by Gasteiger charge is -2.08. The van der Waals surface area contributed by atoms with Gasteiger partial charge >= 0.3 is 0 Å². The molecule has 2 heterocycles. The van der Waals surface area contributed by atoms with Crippen molar-refractivity contribution in [1.82, 2.24) is 20.3 Å². The predicted octanol–water partition coefficient (Wildman–Crippen LogP) is 3.34. The standard InChI is InChI=1S/C16H21N5S/c1-3-17-11(2)14-10-22-16(21-14)18-9-8-15-19-12-6-4-5-7-13(12)20-15/h4-7,10-11,17H,3,8-9H2,1-2H3,(H,18,21)(H,19,20). The summed E-state index contributed by atoms with van der Waals surface area (Å²) in [6, 6.07) is 8.40. The van der Waals surface area contributed by atoms with Crippen LogP contribution in [0, 0.1) is 0 Å². The highest BCUT2D eigenvalue weighted by atomic mass is 32.1. The van der Waals surface area contributed by atoms with Crippen molar-refractivity contribution < 1.29 is 0 Å². The summed E-state index contributed by atoms with van der Waals surface area (Å²) in [4.78, 5) is 12.5. The Balaban J connectivity index is 1.54. The number of para-hydroxylation sites is 2. The molecule has 0 aliphatic carbocycles. The SMILES string of the molecule is CCNC(C)c1csc(NCCc2nc3ccccc3[nH]2)n1. The smallest absolute Gasteiger partial charge is 0.182 e. The van der Waals surface area contributed by atoms with E-state index in [0.29, 0.717) is 6.04 Å². The van der Waals surface area contributed by atoms with Gasteiger partial charge in [-0.2, -0.15) is 0 Å². The molecular weight excluding hydrogens is 294 g/mol. The molecule has 0 saturated heterocycles. The molecule has 1 aromatic carbocycles. The summed E-state index contributed by atoms with van der Waals surface area (Å²) in [6.07, 6.45) is 0.854. The van der Waals surface area contributed by atoms with Crippen LogP contribution in [0.25, 0.3) is 11.0 Å². The second-order valence-electron chi connectivity index (χ2n) is 5.23. The van der Waals surface area contributed by atoms with Crippen molar-refractivity contribution in [2.24, 2.45) is 0 Å². The lowest BCUT2D eigenvalue weighted by atomic mass is 10.3. The Hall–Kier alpha value is -1.92. The van der Waals surface area contributed by atoms with E-state index in [1.165, 1.54) is 0 Å². The average molecular weight is 315 g/mol. The molecule has 0 fully saturated rings. The Morgan fingerprint density at radius 3 is 2.95 bits per heavy atom. The number of fused-ring (bicyclic) bond motifs is 1. The molecule has 0 spiro atoms. The van der Waals surface area contributed by atoms with Gasteiger partial charge in [0.15, 0.2) is 5.13 Å². The number of hydrogen-bond donors (Lipinski definition) is 3. The van der Waals surface area contributed by atoms with E-state index in [4.69, 9.17) is 0 Å². The summed E-state index contributed by atoms with van der Waals surface area (Å²) in [5.41, 5.74) is 3.21. The molecule has 1 atom stereocenters. The first-order valence-electron chi connectivity index (χ1n) is 7.62. The van der Waals surface area contributed by atoms with Crippen molar-refractivity contribution in [3.8, 4) is 0 Å². The number of aromatic nitrogens is 3. The minimum absolute atomic E-state index is 0.298. The molecule has 0 aliphatic heterocycles. The Bertz CT molecular complexity index is 700. The van der Waals surface area contributed by atoms with Crippen LogP contribution >= 0.6 is 11.3 Å². The summed E-state index contributed by atoms with van der Waals surface area (Å²) < 4.78 is 0. The third-order valence-electron chi connectivity index (χ3n) is 3.55. The van der Waals surface area contributed by atoms with E-state index in [0.717, 1.165) is 47.2 Å². The summed E-state index contributed by atoms with van der Waals surface area (Å²) in [6.45, 7) is 6.02. The number of anilines is 1. The van der Waals surface area contributed by atoms with Crippen LogP contribution in [0.5, 0.6) is 0 Å². The first kappa shape index (κ1) is 15.0. The number of hydrogen-bond acceptors (Lipinski definition) is 5. The minimum atomic E-state index is 0.298. The first-order chi connectivity index (χ1) is 10.8. The molecular formula is C16H21N5S. The molecule has 2 aromatic heterocycles. The van der Waals surface area contributed by atoms with Gasteiger partial charge in [0.2, 0.25) is 0 Å². The topological polar surface area (TPSA) is 65.6 Å². The number of rotatable bonds is 7. The maximum Gasteiger partial charge on any atom is 0.182 e. The number of H-pyrrole nitrogens is 1. The normalized spacial score (nSPS) is 12.6. The third-order valence-corrected chi connectivity index (χ3v) is 4.37. The fraction of sp³-hybridized carbons (Fsp3) is 0.375. The molecule has 0 radical (unpaired) electrons. The maximum absolute atomic E-state index is 4.62. The third kappa shape index (κ3) is 3.45. The van der Waals surface area contributed by atoms with Gasteiger partial charge in [0.05, 0.1) is 16.7 Å². The van der Waals surface area contributed by atoms with Crippen molar-refractivity contribution in [2.75, 3.05) is 18.4 Å². The first-order valence-corrected chi connectivity index (χ1v) is 8.50. The summed E-state index contributed by atoms with van der Waals surface area (Å²) >= 11 is 1.65. The van der Waals surface area contributed by atoms with Crippen LogP contribution in [0.2, 0.25) is 0 Å². The van der Waals surface area contributed by atoms with E-state index in [1.54, 1.807) is 11.3 Å². The Labute approximate surface area is 134 Å². The van der Waals surface area contributed by atoms with Crippen LogP contribution in [0.4, 0.5) is 5.13 Å². The fourth-order valence-corrected chi connectivity index (χ4v) is 3.22. The molecule has 0 amide bonds. The fourth-order valence-electron chi connectivity index (χ4n) is 2.39. The molecule has 3 N–H and O–H groups in total. The number of thiazole rings is 1. The van der Waals surface area contributed by atoms with Gasteiger partial charge in [0.1, 0.15) is 5.82 Å². The van der Waals surface area contributed by atoms with Crippen LogP contribution in [0.15, 0.2) is 29.6 Å². The van der Waals surface area contributed by atoms with Gasteiger partial charge in [-0.05, 0) is 25.6 Å². The lowest BCUT2D eigenvalue weighted by Crippen LogP contribution is -2.18. The average Bonchev–Trinajstić information content (AvgIpc) is 3.13. The molecule has 3 aromatic rings. The largest absolute Gasteiger partial charge is 0.361 e. The zero-order valence-corrected chi connectivity index (χ0v) is 13.7.